The van der Waals surface area contributed by atoms with E-state index in [0.29, 0.717) is 0 Å². The number of hydrogen-bond acceptors (Lipinski definition) is 0. The SMILES string of the molecule is BrCc1cccc(Br)c1.[MgH2]. The van der Waals surface area contributed by atoms with E-state index in [0.717, 1.165) is 9.80 Å². The Bertz CT molecular complexity index is 201. The van der Waals surface area contributed by atoms with E-state index in [1.807, 2.05) is 12.1 Å². The molecule has 0 unspecified atom stereocenters. The maximum Gasteiger partial charge on any atom is 0.316 e. The molecule has 1 aromatic rings. The van der Waals surface area contributed by atoms with Crippen molar-refractivity contribution in [2.75, 3.05) is 0 Å². The number of rotatable bonds is 1. The van der Waals surface area contributed by atoms with Crippen LogP contribution in [-0.4, -0.2) is 23.1 Å². The Morgan fingerprint density at radius 2 is 2.00 bits per heavy atom. The van der Waals surface area contributed by atoms with Crippen LogP contribution in [0.25, 0.3) is 0 Å². The summed E-state index contributed by atoms with van der Waals surface area (Å²) < 4.78 is 1.14. The maximum atomic E-state index is 3.38. The van der Waals surface area contributed by atoms with Gasteiger partial charge < -0.3 is 0 Å². The number of alkyl halides is 1. The predicted octanol–water partition coefficient (Wildman–Crippen LogP) is 2.43. The Morgan fingerprint density at radius 1 is 1.30 bits per heavy atom. The van der Waals surface area contributed by atoms with Gasteiger partial charge in [-0.3, -0.25) is 0 Å². The molecule has 0 bridgehead atoms. The smallest absolute Gasteiger partial charge is 0.0876 e. The molecule has 0 N–H and O–H groups in total. The molecule has 0 spiro atoms. The van der Waals surface area contributed by atoms with Crippen LogP contribution < -0.4 is 0 Å². The van der Waals surface area contributed by atoms with Crippen LogP contribution in [0.3, 0.4) is 0 Å². The molecule has 0 nitrogen and oxygen atoms in total. The van der Waals surface area contributed by atoms with Gasteiger partial charge in [0.15, 0.2) is 0 Å². The quantitative estimate of drug-likeness (QED) is 0.546. The van der Waals surface area contributed by atoms with Crippen LogP contribution in [0.4, 0.5) is 0 Å². The minimum Gasteiger partial charge on any atom is -0.0876 e. The van der Waals surface area contributed by atoms with Crippen molar-refractivity contribution < 1.29 is 0 Å². The minimum atomic E-state index is 0. The zero-order chi connectivity index (χ0) is 6.69. The van der Waals surface area contributed by atoms with E-state index < -0.39 is 0 Å². The van der Waals surface area contributed by atoms with Crippen LogP contribution in [0.15, 0.2) is 28.7 Å². The van der Waals surface area contributed by atoms with Gasteiger partial charge in [-0.2, -0.15) is 0 Å². The first-order valence-corrected chi connectivity index (χ1v) is 4.55. The normalized spacial score (nSPS) is 8.60. The summed E-state index contributed by atoms with van der Waals surface area (Å²) >= 11 is 6.75. The zero-order valence-electron chi connectivity index (χ0n) is 4.77. The van der Waals surface area contributed by atoms with Gasteiger partial charge in [-0.15, -0.1) is 0 Å². The second-order valence-corrected chi connectivity index (χ2v) is 3.24. The number of hydrogen-bond donors (Lipinski definition) is 0. The van der Waals surface area contributed by atoms with Crippen molar-refractivity contribution in [2.24, 2.45) is 0 Å². The first kappa shape index (κ1) is 10.9. The topological polar surface area (TPSA) is 0 Å². The fraction of sp³-hybridized carbons (Fsp3) is 0.143. The average molecular weight is 276 g/mol. The van der Waals surface area contributed by atoms with Gasteiger partial charge in [-0.25, -0.2) is 0 Å². The third-order valence-electron chi connectivity index (χ3n) is 1.04. The Balaban J connectivity index is 0.000000810. The minimum absolute atomic E-state index is 0. The highest BCUT2D eigenvalue weighted by atomic mass is 79.9. The van der Waals surface area contributed by atoms with E-state index in [4.69, 9.17) is 0 Å². The first-order valence-electron chi connectivity index (χ1n) is 2.63. The van der Waals surface area contributed by atoms with Gasteiger partial charge in [0, 0.05) is 9.80 Å². The molecule has 0 radical (unpaired) electrons. The summed E-state index contributed by atoms with van der Waals surface area (Å²) in [5.74, 6) is 0. The van der Waals surface area contributed by atoms with Crippen LogP contribution >= 0.6 is 31.9 Å². The predicted molar refractivity (Wildman–Crippen MR) is 55.3 cm³/mol. The summed E-state index contributed by atoms with van der Waals surface area (Å²) in [6.07, 6.45) is 0. The highest BCUT2D eigenvalue weighted by Gasteiger charge is 1.88. The maximum absolute atomic E-state index is 3.38. The monoisotopic (exact) mass is 274 g/mol. The van der Waals surface area contributed by atoms with E-state index in [9.17, 15) is 0 Å². The van der Waals surface area contributed by atoms with Gasteiger partial charge in [0.1, 0.15) is 0 Å². The third kappa shape index (κ3) is 3.37. The Kier molecular flexibility index (Phi) is 6.11. The molecule has 0 amide bonds. The molecule has 10 heavy (non-hydrogen) atoms. The molecule has 0 aliphatic rings. The second kappa shape index (κ2) is 5.58. The fourth-order valence-corrected chi connectivity index (χ4v) is 1.42. The molecule has 0 fully saturated rings. The molecule has 1 rings (SSSR count). The van der Waals surface area contributed by atoms with E-state index in [-0.39, 0.29) is 23.1 Å². The van der Waals surface area contributed by atoms with Crippen LogP contribution in [-0.2, 0) is 5.33 Å². The Labute approximate surface area is 93.8 Å². The lowest BCUT2D eigenvalue weighted by molar-refractivity contribution is 1.42. The third-order valence-corrected chi connectivity index (χ3v) is 2.18. The van der Waals surface area contributed by atoms with Crippen molar-refractivity contribution in [3.8, 4) is 0 Å². The summed E-state index contributed by atoms with van der Waals surface area (Å²) in [6, 6.07) is 8.22. The molecular weight excluding hydrogens is 268 g/mol. The van der Waals surface area contributed by atoms with Gasteiger partial charge in [-0.05, 0) is 17.7 Å². The standard InChI is InChI=1S/C7H6Br2.Mg.2H/c8-5-6-2-1-3-7(9)4-6;;;/h1-4H,5H2;;;. The molecule has 52 valence electrons. The van der Waals surface area contributed by atoms with Gasteiger partial charge in [-0.1, -0.05) is 44.0 Å². The van der Waals surface area contributed by atoms with E-state index in [2.05, 4.69) is 44.0 Å². The van der Waals surface area contributed by atoms with Crippen molar-refractivity contribution >= 4 is 54.9 Å². The van der Waals surface area contributed by atoms with Crippen LogP contribution in [0.1, 0.15) is 5.56 Å². The summed E-state index contributed by atoms with van der Waals surface area (Å²) in [7, 11) is 0. The molecule has 1 aromatic carbocycles. The van der Waals surface area contributed by atoms with E-state index in [1.165, 1.54) is 5.56 Å². The van der Waals surface area contributed by atoms with Crippen LogP contribution in [0.2, 0.25) is 0 Å². The molecule has 0 aromatic heterocycles. The highest BCUT2D eigenvalue weighted by Crippen LogP contribution is 2.13. The molecule has 0 aliphatic heterocycles. The van der Waals surface area contributed by atoms with E-state index in [1.54, 1.807) is 0 Å². The lowest BCUT2D eigenvalue weighted by Gasteiger charge is -1.93. The summed E-state index contributed by atoms with van der Waals surface area (Å²) in [5, 5.41) is 0.923. The fourth-order valence-electron chi connectivity index (χ4n) is 0.620. The van der Waals surface area contributed by atoms with Gasteiger partial charge in [0.25, 0.3) is 0 Å². The van der Waals surface area contributed by atoms with E-state index >= 15 is 0 Å². The molecule has 3 heteroatoms. The summed E-state index contributed by atoms with van der Waals surface area (Å²) in [6.45, 7) is 0. The largest absolute Gasteiger partial charge is 0.316 e. The van der Waals surface area contributed by atoms with Crippen molar-refractivity contribution in [3.05, 3.63) is 34.3 Å². The van der Waals surface area contributed by atoms with Crippen LogP contribution in [0.5, 0.6) is 0 Å². The second-order valence-electron chi connectivity index (χ2n) is 1.76. The average Bonchev–Trinajstić information content (AvgIpc) is 1.88. The lowest BCUT2D eigenvalue weighted by Crippen LogP contribution is -1.73. The van der Waals surface area contributed by atoms with Gasteiger partial charge >= 0.3 is 23.1 Å². The Hall–Kier alpha value is 0.946. The first-order chi connectivity index (χ1) is 4.33. The molecule has 0 saturated carbocycles. The molecule has 0 aliphatic carbocycles. The zero-order valence-corrected chi connectivity index (χ0v) is 7.94. The number of benzene rings is 1. The van der Waals surface area contributed by atoms with Crippen molar-refractivity contribution in [1.82, 2.24) is 0 Å². The Morgan fingerprint density at radius 3 is 2.40 bits per heavy atom. The summed E-state index contributed by atoms with van der Waals surface area (Å²) in [4.78, 5) is 0. The lowest BCUT2D eigenvalue weighted by atomic mass is 10.2. The molecule has 0 heterocycles. The molecule has 0 saturated heterocycles. The van der Waals surface area contributed by atoms with Gasteiger partial charge in [0.05, 0.1) is 0 Å². The van der Waals surface area contributed by atoms with Crippen LogP contribution in [0, 0.1) is 0 Å². The molecular formula is C7H8Br2Mg. The summed E-state index contributed by atoms with van der Waals surface area (Å²) in [5.41, 5.74) is 1.30. The van der Waals surface area contributed by atoms with Crippen molar-refractivity contribution in [3.63, 3.8) is 0 Å². The van der Waals surface area contributed by atoms with Gasteiger partial charge in [0.2, 0.25) is 0 Å². The van der Waals surface area contributed by atoms with Crippen molar-refractivity contribution in [1.29, 1.82) is 0 Å². The highest BCUT2D eigenvalue weighted by molar-refractivity contribution is 9.10. The molecule has 0 atom stereocenters. The van der Waals surface area contributed by atoms with Crippen molar-refractivity contribution in [2.45, 2.75) is 5.33 Å². The number of halogens is 2.